The Bertz CT molecular complexity index is 217. The van der Waals surface area contributed by atoms with Gasteiger partial charge < -0.3 is 10.1 Å². The van der Waals surface area contributed by atoms with Gasteiger partial charge in [0.05, 0.1) is 6.61 Å². The van der Waals surface area contributed by atoms with Crippen molar-refractivity contribution >= 4 is 0 Å². The average Bonchev–Trinajstić information content (AvgIpc) is 2.35. The highest BCUT2D eigenvalue weighted by Crippen LogP contribution is 2.29. The molecule has 100 valence electrons. The maximum absolute atomic E-state index is 5.04. The van der Waals surface area contributed by atoms with E-state index in [1.54, 1.807) is 12.7 Å². The lowest BCUT2D eigenvalue weighted by atomic mass is 9.82. The van der Waals surface area contributed by atoms with Gasteiger partial charge in [-0.2, -0.15) is 0 Å². The lowest BCUT2D eigenvalue weighted by Crippen LogP contribution is -2.22. The van der Waals surface area contributed by atoms with E-state index in [0.717, 1.165) is 31.5 Å². The van der Waals surface area contributed by atoms with Crippen LogP contribution in [-0.4, -0.2) is 26.8 Å². The molecule has 0 amide bonds. The molecule has 0 aromatic heterocycles. The summed E-state index contributed by atoms with van der Waals surface area (Å²) in [6, 6.07) is 0. The van der Waals surface area contributed by atoms with E-state index in [2.05, 4.69) is 25.2 Å². The number of allylic oxidation sites excluding steroid dienone is 1. The Morgan fingerprint density at radius 1 is 1.29 bits per heavy atom. The third kappa shape index (κ3) is 6.23. The van der Waals surface area contributed by atoms with E-state index >= 15 is 0 Å². The second-order valence-electron chi connectivity index (χ2n) is 5.37. The summed E-state index contributed by atoms with van der Waals surface area (Å²) >= 11 is 0. The van der Waals surface area contributed by atoms with Gasteiger partial charge in [0.2, 0.25) is 0 Å². The van der Waals surface area contributed by atoms with Crippen LogP contribution in [0.5, 0.6) is 0 Å². The summed E-state index contributed by atoms with van der Waals surface area (Å²) in [6.45, 7) is 7.43. The summed E-state index contributed by atoms with van der Waals surface area (Å²) in [5, 5.41) is 3.44. The number of methoxy groups -OCH3 is 1. The highest BCUT2D eigenvalue weighted by Gasteiger charge is 2.16. The van der Waals surface area contributed by atoms with Crippen LogP contribution >= 0.6 is 0 Å². The largest absolute Gasteiger partial charge is 0.383 e. The SMILES string of the molecule is CCC(=CC1CCC(C)CC1)CNCCOC. The maximum Gasteiger partial charge on any atom is 0.0587 e. The van der Waals surface area contributed by atoms with Crippen LogP contribution in [0.1, 0.15) is 46.0 Å². The molecule has 1 aliphatic rings. The molecule has 0 saturated heterocycles. The lowest BCUT2D eigenvalue weighted by Gasteiger charge is -2.24. The summed E-state index contributed by atoms with van der Waals surface area (Å²) in [5.74, 6) is 1.79. The van der Waals surface area contributed by atoms with E-state index in [-0.39, 0.29) is 0 Å². The number of hydrogen-bond donors (Lipinski definition) is 1. The molecule has 0 unspecified atom stereocenters. The van der Waals surface area contributed by atoms with Gasteiger partial charge in [0.25, 0.3) is 0 Å². The fraction of sp³-hybridized carbons (Fsp3) is 0.867. The van der Waals surface area contributed by atoms with Crippen molar-refractivity contribution < 1.29 is 4.74 Å². The Morgan fingerprint density at radius 3 is 2.59 bits per heavy atom. The molecule has 1 fully saturated rings. The summed E-state index contributed by atoms with van der Waals surface area (Å²) in [5.41, 5.74) is 1.57. The molecule has 0 heterocycles. The van der Waals surface area contributed by atoms with Crippen LogP contribution in [0.3, 0.4) is 0 Å². The number of nitrogens with one attached hydrogen (secondary N) is 1. The van der Waals surface area contributed by atoms with Gasteiger partial charge in [0.1, 0.15) is 0 Å². The van der Waals surface area contributed by atoms with Crippen LogP contribution in [-0.2, 0) is 4.74 Å². The first-order valence-electron chi connectivity index (χ1n) is 7.15. The van der Waals surface area contributed by atoms with Gasteiger partial charge in [0.15, 0.2) is 0 Å². The van der Waals surface area contributed by atoms with Gasteiger partial charge in [0, 0.05) is 20.2 Å². The summed E-state index contributed by atoms with van der Waals surface area (Å²) < 4.78 is 5.04. The fourth-order valence-electron chi connectivity index (χ4n) is 2.51. The molecule has 1 aliphatic carbocycles. The zero-order valence-electron chi connectivity index (χ0n) is 11.8. The van der Waals surface area contributed by atoms with E-state index < -0.39 is 0 Å². The van der Waals surface area contributed by atoms with Crippen LogP contribution in [0.25, 0.3) is 0 Å². The van der Waals surface area contributed by atoms with Crippen molar-refractivity contribution in [2.45, 2.75) is 46.0 Å². The average molecular weight is 239 g/mol. The molecule has 1 rings (SSSR count). The normalized spacial score (nSPS) is 26.2. The van der Waals surface area contributed by atoms with Crippen LogP contribution in [0, 0.1) is 11.8 Å². The molecular formula is C15H29NO. The van der Waals surface area contributed by atoms with E-state index in [1.807, 2.05) is 0 Å². The number of ether oxygens (including phenoxy) is 1. The van der Waals surface area contributed by atoms with Crippen molar-refractivity contribution in [3.8, 4) is 0 Å². The molecule has 2 heteroatoms. The van der Waals surface area contributed by atoms with Crippen molar-refractivity contribution in [2.75, 3.05) is 26.8 Å². The first kappa shape index (κ1) is 14.7. The maximum atomic E-state index is 5.04. The minimum Gasteiger partial charge on any atom is -0.383 e. The first-order chi connectivity index (χ1) is 8.26. The van der Waals surface area contributed by atoms with Crippen LogP contribution in [0.4, 0.5) is 0 Å². The summed E-state index contributed by atoms with van der Waals surface area (Å²) in [4.78, 5) is 0. The Hall–Kier alpha value is -0.340. The molecule has 0 radical (unpaired) electrons. The molecule has 0 aromatic rings. The highest BCUT2D eigenvalue weighted by molar-refractivity contribution is 5.06. The third-order valence-electron chi connectivity index (χ3n) is 3.82. The van der Waals surface area contributed by atoms with Gasteiger partial charge in [-0.25, -0.2) is 0 Å². The van der Waals surface area contributed by atoms with Crippen LogP contribution in [0.15, 0.2) is 11.6 Å². The summed E-state index contributed by atoms with van der Waals surface area (Å²) in [6.07, 6.45) is 9.31. The molecule has 2 nitrogen and oxygen atoms in total. The van der Waals surface area contributed by atoms with E-state index in [4.69, 9.17) is 4.74 Å². The first-order valence-corrected chi connectivity index (χ1v) is 7.15. The molecule has 0 aliphatic heterocycles. The van der Waals surface area contributed by atoms with Gasteiger partial charge in [-0.1, -0.05) is 38.3 Å². The van der Waals surface area contributed by atoms with E-state index in [0.29, 0.717) is 0 Å². The predicted octanol–water partition coefficient (Wildman–Crippen LogP) is 3.39. The van der Waals surface area contributed by atoms with Crippen molar-refractivity contribution in [3.63, 3.8) is 0 Å². The fourth-order valence-corrected chi connectivity index (χ4v) is 2.51. The quantitative estimate of drug-likeness (QED) is 0.543. The number of rotatable bonds is 7. The second-order valence-corrected chi connectivity index (χ2v) is 5.37. The molecule has 0 aromatic carbocycles. The van der Waals surface area contributed by atoms with E-state index in [9.17, 15) is 0 Å². The Labute approximate surface area is 107 Å². The smallest absolute Gasteiger partial charge is 0.0587 e. The Balaban J connectivity index is 2.27. The van der Waals surface area contributed by atoms with Gasteiger partial charge in [-0.15, -0.1) is 0 Å². The van der Waals surface area contributed by atoms with Crippen molar-refractivity contribution in [2.24, 2.45) is 11.8 Å². The number of hydrogen-bond acceptors (Lipinski definition) is 2. The zero-order valence-corrected chi connectivity index (χ0v) is 11.8. The molecule has 1 saturated carbocycles. The van der Waals surface area contributed by atoms with Crippen molar-refractivity contribution in [1.29, 1.82) is 0 Å². The second kappa shape index (κ2) is 8.71. The summed E-state index contributed by atoms with van der Waals surface area (Å²) in [7, 11) is 1.75. The topological polar surface area (TPSA) is 21.3 Å². The molecule has 0 bridgehead atoms. The predicted molar refractivity (Wildman–Crippen MR) is 74.2 cm³/mol. The van der Waals surface area contributed by atoms with Gasteiger partial charge >= 0.3 is 0 Å². The standard InChI is InChI=1S/C15H29NO/c1-4-14(12-16-9-10-17-3)11-15-7-5-13(2)6-8-15/h11,13,15-16H,4-10,12H2,1-3H3. The van der Waals surface area contributed by atoms with Crippen LogP contribution < -0.4 is 5.32 Å². The molecule has 0 atom stereocenters. The molecular weight excluding hydrogens is 210 g/mol. The van der Waals surface area contributed by atoms with Crippen LogP contribution in [0.2, 0.25) is 0 Å². The van der Waals surface area contributed by atoms with Crippen molar-refractivity contribution in [3.05, 3.63) is 11.6 Å². The minimum absolute atomic E-state index is 0.804. The monoisotopic (exact) mass is 239 g/mol. The van der Waals surface area contributed by atoms with Gasteiger partial charge in [-0.3, -0.25) is 0 Å². The minimum atomic E-state index is 0.804. The Morgan fingerprint density at radius 2 is 2.00 bits per heavy atom. The molecule has 0 spiro atoms. The third-order valence-corrected chi connectivity index (χ3v) is 3.82. The highest BCUT2D eigenvalue weighted by atomic mass is 16.5. The van der Waals surface area contributed by atoms with Crippen molar-refractivity contribution in [1.82, 2.24) is 5.32 Å². The molecule has 17 heavy (non-hydrogen) atoms. The Kier molecular flexibility index (Phi) is 7.54. The van der Waals surface area contributed by atoms with Gasteiger partial charge in [-0.05, 0) is 31.1 Å². The zero-order chi connectivity index (χ0) is 12.5. The van der Waals surface area contributed by atoms with E-state index in [1.165, 1.54) is 32.1 Å². The molecule has 1 N–H and O–H groups in total. The lowest BCUT2D eigenvalue weighted by molar-refractivity contribution is 0.200.